The van der Waals surface area contributed by atoms with Crippen molar-refractivity contribution in [3.05, 3.63) is 23.8 Å². The maximum Gasteiger partial charge on any atom is 0.122 e. The molecule has 0 aromatic heterocycles. The van der Waals surface area contributed by atoms with Crippen LogP contribution in [0.5, 0.6) is 5.75 Å². The first-order valence-electron chi connectivity index (χ1n) is 5.50. The van der Waals surface area contributed by atoms with Crippen molar-refractivity contribution in [2.75, 3.05) is 25.5 Å². The van der Waals surface area contributed by atoms with Gasteiger partial charge in [0.25, 0.3) is 0 Å². The van der Waals surface area contributed by atoms with Gasteiger partial charge in [0.1, 0.15) is 5.75 Å². The summed E-state index contributed by atoms with van der Waals surface area (Å²) in [5.41, 5.74) is 7.45. The van der Waals surface area contributed by atoms with Crippen molar-refractivity contribution in [3.63, 3.8) is 0 Å². The van der Waals surface area contributed by atoms with Crippen LogP contribution in [-0.4, -0.2) is 31.4 Å². The summed E-state index contributed by atoms with van der Waals surface area (Å²) in [7, 11) is 1.67. The normalized spacial score (nSPS) is 12.2. The van der Waals surface area contributed by atoms with Gasteiger partial charge in [-0.1, -0.05) is 6.92 Å². The number of anilines is 1. The van der Waals surface area contributed by atoms with E-state index in [2.05, 4.69) is 12.2 Å². The molecule has 0 spiro atoms. The molecular weight excluding hydrogens is 204 g/mol. The lowest BCUT2D eigenvalue weighted by Crippen LogP contribution is -2.27. The van der Waals surface area contributed by atoms with E-state index >= 15 is 0 Å². The largest absolute Gasteiger partial charge is 0.496 e. The molecule has 4 N–H and O–H groups in total. The van der Waals surface area contributed by atoms with Crippen LogP contribution in [0.3, 0.4) is 0 Å². The molecule has 0 heterocycles. The van der Waals surface area contributed by atoms with Gasteiger partial charge in [0, 0.05) is 18.8 Å². The zero-order valence-corrected chi connectivity index (χ0v) is 9.86. The van der Waals surface area contributed by atoms with E-state index < -0.39 is 6.10 Å². The van der Waals surface area contributed by atoms with Crippen LogP contribution in [0.25, 0.3) is 0 Å². The first-order valence-corrected chi connectivity index (χ1v) is 5.50. The Morgan fingerprint density at radius 3 is 2.81 bits per heavy atom. The van der Waals surface area contributed by atoms with Crippen molar-refractivity contribution in [1.82, 2.24) is 0 Å². The van der Waals surface area contributed by atoms with Crippen LogP contribution < -0.4 is 15.8 Å². The molecule has 90 valence electrons. The predicted molar refractivity (Wildman–Crippen MR) is 65.9 cm³/mol. The number of hydrogen-bond donors (Lipinski definition) is 3. The Morgan fingerprint density at radius 2 is 2.25 bits per heavy atom. The molecule has 4 heteroatoms. The predicted octanol–water partition coefficient (Wildman–Crippen LogP) is 0.989. The van der Waals surface area contributed by atoms with Gasteiger partial charge in [-0.3, -0.25) is 0 Å². The van der Waals surface area contributed by atoms with E-state index in [4.69, 9.17) is 10.5 Å². The summed E-state index contributed by atoms with van der Waals surface area (Å²) in [5, 5.41) is 12.5. The zero-order chi connectivity index (χ0) is 12.0. The number of nitrogens with two attached hydrogens (primary N) is 1. The number of nitrogens with one attached hydrogen (secondary N) is 1. The highest BCUT2D eigenvalue weighted by Crippen LogP contribution is 2.22. The van der Waals surface area contributed by atoms with Crippen LogP contribution in [-0.2, 0) is 6.42 Å². The Kier molecular flexibility index (Phi) is 5.08. The van der Waals surface area contributed by atoms with Crippen LogP contribution >= 0.6 is 0 Å². The van der Waals surface area contributed by atoms with Gasteiger partial charge in [-0.15, -0.1) is 0 Å². The molecule has 0 radical (unpaired) electrons. The quantitative estimate of drug-likeness (QED) is 0.674. The van der Waals surface area contributed by atoms with Gasteiger partial charge in [-0.25, -0.2) is 0 Å². The minimum Gasteiger partial charge on any atom is -0.496 e. The monoisotopic (exact) mass is 224 g/mol. The second-order valence-electron chi connectivity index (χ2n) is 3.65. The summed E-state index contributed by atoms with van der Waals surface area (Å²) in [6, 6.07) is 5.89. The minimum absolute atomic E-state index is 0.268. The topological polar surface area (TPSA) is 67.5 Å². The lowest BCUT2D eigenvalue weighted by molar-refractivity contribution is 0.196. The number of aliphatic hydroxyl groups is 1. The number of rotatable bonds is 6. The maximum atomic E-state index is 9.33. The number of aryl methyl sites for hydroxylation is 1. The first-order chi connectivity index (χ1) is 7.71. The molecule has 0 fully saturated rings. The summed E-state index contributed by atoms with van der Waals surface area (Å²) < 4.78 is 5.24. The third kappa shape index (κ3) is 3.40. The smallest absolute Gasteiger partial charge is 0.122 e. The molecule has 0 saturated carbocycles. The van der Waals surface area contributed by atoms with Crippen molar-refractivity contribution in [2.45, 2.75) is 19.4 Å². The number of ether oxygens (including phenoxy) is 1. The zero-order valence-electron chi connectivity index (χ0n) is 9.86. The average molecular weight is 224 g/mol. The summed E-state index contributed by atoms with van der Waals surface area (Å²) in [4.78, 5) is 0. The Labute approximate surface area is 96.4 Å². The highest BCUT2D eigenvalue weighted by molar-refractivity contribution is 5.51. The minimum atomic E-state index is -0.507. The van der Waals surface area contributed by atoms with Crippen LogP contribution in [0.2, 0.25) is 0 Å². The van der Waals surface area contributed by atoms with E-state index in [0.29, 0.717) is 6.54 Å². The molecule has 1 aromatic carbocycles. The van der Waals surface area contributed by atoms with Gasteiger partial charge < -0.3 is 20.9 Å². The molecule has 16 heavy (non-hydrogen) atoms. The van der Waals surface area contributed by atoms with Gasteiger partial charge in [-0.05, 0) is 30.2 Å². The standard InChI is InChI=1S/C12H20N2O2/c1-3-9-6-10(4-5-12(9)16-2)14-8-11(15)7-13/h4-6,11,14-15H,3,7-8,13H2,1-2H3. The second-order valence-corrected chi connectivity index (χ2v) is 3.65. The lowest BCUT2D eigenvalue weighted by atomic mass is 10.1. The molecule has 1 aromatic rings. The molecule has 1 rings (SSSR count). The molecule has 0 bridgehead atoms. The maximum absolute atomic E-state index is 9.33. The Hall–Kier alpha value is -1.26. The third-order valence-electron chi connectivity index (χ3n) is 2.48. The van der Waals surface area contributed by atoms with Crippen molar-refractivity contribution < 1.29 is 9.84 Å². The Balaban J connectivity index is 2.67. The van der Waals surface area contributed by atoms with Crippen LogP contribution in [0.4, 0.5) is 5.69 Å². The van der Waals surface area contributed by atoms with Crippen molar-refractivity contribution >= 4 is 5.69 Å². The Bertz CT molecular complexity index is 329. The molecule has 0 aliphatic rings. The van der Waals surface area contributed by atoms with Gasteiger partial charge in [0.2, 0.25) is 0 Å². The fraction of sp³-hybridized carbons (Fsp3) is 0.500. The number of benzene rings is 1. The van der Waals surface area contributed by atoms with E-state index in [1.807, 2.05) is 18.2 Å². The average Bonchev–Trinajstić information content (AvgIpc) is 2.35. The molecule has 0 saturated heterocycles. The fourth-order valence-electron chi connectivity index (χ4n) is 1.48. The summed E-state index contributed by atoms with van der Waals surface area (Å²) in [5.74, 6) is 0.896. The van der Waals surface area contributed by atoms with E-state index in [9.17, 15) is 5.11 Å². The van der Waals surface area contributed by atoms with Gasteiger partial charge in [0.05, 0.1) is 13.2 Å². The highest BCUT2D eigenvalue weighted by Gasteiger charge is 2.04. The van der Waals surface area contributed by atoms with Crippen molar-refractivity contribution in [3.8, 4) is 5.75 Å². The summed E-state index contributed by atoms with van der Waals surface area (Å²) in [6.45, 7) is 2.81. The van der Waals surface area contributed by atoms with Crippen LogP contribution in [0.1, 0.15) is 12.5 Å². The van der Waals surface area contributed by atoms with Crippen molar-refractivity contribution in [2.24, 2.45) is 5.73 Å². The van der Waals surface area contributed by atoms with Crippen LogP contribution in [0.15, 0.2) is 18.2 Å². The lowest BCUT2D eigenvalue weighted by Gasteiger charge is -2.13. The van der Waals surface area contributed by atoms with Crippen LogP contribution in [0, 0.1) is 0 Å². The van der Waals surface area contributed by atoms with Gasteiger partial charge in [-0.2, -0.15) is 0 Å². The molecule has 0 amide bonds. The highest BCUT2D eigenvalue weighted by atomic mass is 16.5. The van der Waals surface area contributed by atoms with E-state index in [1.165, 1.54) is 0 Å². The van der Waals surface area contributed by atoms with Gasteiger partial charge in [0.15, 0.2) is 0 Å². The second kappa shape index (κ2) is 6.35. The molecule has 1 unspecified atom stereocenters. The summed E-state index contributed by atoms with van der Waals surface area (Å²) in [6.07, 6.45) is 0.408. The van der Waals surface area contributed by atoms with E-state index in [1.54, 1.807) is 7.11 Å². The summed E-state index contributed by atoms with van der Waals surface area (Å²) >= 11 is 0. The number of aliphatic hydroxyl groups excluding tert-OH is 1. The SMILES string of the molecule is CCc1cc(NCC(O)CN)ccc1OC. The number of methoxy groups -OCH3 is 1. The molecule has 0 aliphatic heterocycles. The molecule has 0 aliphatic carbocycles. The van der Waals surface area contributed by atoms with Crippen molar-refractivity contribution in [1.29, 1.82) is 0 Å². The third-order valence-corrected chi connectivity index (χ3v) is 2.48. The molecular formula is C12H20N2O2. The first kappa shape index (κ1) is 12.8. The molecule has 1 atom stereocenters. The van der Waals surface area contributed by atoms with Gasteiger partial charge >= 0.3 is 0 Å². The number of hydrogen-bond acceptors (Lipinski definition) is 4. The fourth-order valence-corrected chi connectivity index (χ4v) is 1.48. The van der Waals surface area contributed by atoms with E-state index in [0.717, 1.165) is 23.4 Å². The van der Waals surface area contributed by atoms with E-state index in [-0.39, 0.29) is 6.54 Å². The molecule has 4 nitrogen and oxygen atoms in total. The Morgan fingerprint density at radius 1 is 1.50 bits per heavy atom.